The van der Waals surface area contributed by atoms with Crippen molar-refractivity contribution in [1.82, 2.24) is 10.0 Å². The highest BCUT2D eigenvalue weighted by Gasteiger charge is 2.22. The molecule has 4 rings (SSSR count). The monoisotopic (exact) mass is 373 g/mol. The Morgan fingerprint density at radius 1 is 0.929 bits per heavy atom. The van der Waals surface area contributed by atoms with Crippen LogP contribution in [0.5, 0.6) is 0 Å². The summed E-state index contributed by atoms with van der Waals surface area (Å²) in [4.78, 5) is 0. The molecule has 0 radical (unpaired) electrons. The Labute approximate surface area is 165 Å². The van der Waals surface area contributed by atoms with Crippen LogP contribution in [0.15, 0.2) is 85.1 Å². The molecule has 0 amide bonds. The molecule has 4 heteroatoms. The van der Waals surface area contributed by atoms with Gasteiger partial charge in [-0.1, -0.05) is 55.1 Å². The summed E-state index contributed by atoms with van der Waals surface area (Å²) in [6.45, 7) is 6.73. The maximum Gasteiger partial charge on any atom is 0.123 e. The minimum absolute atomic E-state index is 0.217. The number of halogens is 1. The molecule has 3 aromatic carbocycles. The molecule has 1 aliphatic rings. The molecule has 0 spiro atoms. The lowest BCUT2D eigenvalue weighted by atomic mass is 10.1. The summed E-state index contributed by atoms with van der Waals surface area (Å²) in [6, 6.07) is 23.3. The Bertz CT molecular complexity index is 939. The quantitative estimate of drug-likeness (QED) is 0.634. The molecule has 0 saturated carbocycles. The minimum Gasteiger partial charge on any atom is -0.379 e. The number of hydrazine groups is 1. The average Bonchev–Trinajstić information content (AvgIpc) is 3.17. The Morgan fingerprint density at radius 2 is 1.46 bits per heavy atom. The highest BCUT2D eigenvalue weighted by atomic mass is 19.1. The van der Waals surface area contributed by atoms with Crippen LogP contribution in [0.4, 0.5) is 10.1 Å². The van der Waals surface area contributed by atoms with E-state index < -0.39 is 0 Å². The van der Waals surface area contributed by atoms with E-state index in [2.05, 4.69) is 53.2 Å². The molecular formula is C24H24FN3. The van der Waals surface area contributed by atoms with Crippen molar-refractivity contribution in [3.63, 3.8) is 0 Å². The van der Waals surface area contributed by atoms with Gasteiger partial charge >= 0.3 is 0 Å². The third kappa shape index (κ3) is 3.92. The molecule has 142 valence electrons. The van der Waals surface area contributed by atoms with Gasteiger partial charge < -0.3 is 10.3 Å². The SMILES string of the molecule is C=C(CNc1ccc(-c2ccc(F)cc2)cc1)N(C)N1Cc2ccccc2C1. The smallest absolute Gasteiger partial charge is 0.123 e. The van der Waals surface area contributed by atoms with Crippen LogP contribution in [0.3, 0.4) is 0 Å². The van der Waals surface area contributed by atoms with Crippen molar-refractivity contribution >= 4 is 5.69 Å². The summed E-state index contributed by atoms with van der Waals surface area (Å²) >= 11 is 0. The predicted octanol–water partition coefficient (Wildman–Crippen LogP) is 5.28. The molecule has 0 aromatic heterocycles. The van der Waals surface area contributed by atoms with E-state index in [4.69, 9.17) is 0 Å². The molecule has 0 fully saturated rings. The summed E-state index contributed by atoms with van der Waals surface area (Å²) in [5.74, 6) is -0.217. The first-order chi connectivity index (χ1) is 13.6. The Balaban J connectivity index is 1.33. The van der Waals surface area contributed by atoms with Crippen molar-refractivity contribution in [3.05, 3.63) is 102 Å². The number of hydrogen-bond acceptors (Lipinski definition) is 3. The van der Waals surface area contributed by atoms with Crippen molar-refractivity contribution < 1.29 is 4.39 Å². The molecular weight excluding hydrogens is 349 g/mol. The molecule has 3 nitrogen and oxygen atoms in total. The molecule has 1 N–H and O–H groups in total. The second-order valence-electron chi connectivity index (χ2n) is 7.12. The maximum atomic E-state index is 13.1. The third-order valence-corrected chi connectivity index (χ3v) is 5.27. The van der Waals surface area contributed by atoms with E-state index in [1.807, 2.05) is 24.3 Å². The van der Waals surface area contributed by atoms with Gasteiger partial charge in [-0.15, -0.1) is 0 Å². The van der Waals surface area contributed by atoms with Crippen LogP contribution >= 0.6 is 0 Å². The molecule has 3 aromatic rings. The van der Waals surface area contributed by atoms with Crippen molar-refractivity contribution in [2.45, 2.75) is 13.1 Å². The van der Waals surface area contributed by atoms with Gasteiger partial charge in [-0.05, 0) is 46.5 Å². The summed E-state index contributed by atoms with van der Waals surface area (Å²) < 4.78 is 13.1. The molecule has 0 aliphatic carbocycles. The second kappa shape index (κ2) is 7.87. The van der Waals surface area contributed by atoms with Gasteiger partial charge in [-0.25, -0.2) is 9.40 Å². The van der Waals surface area contributed by atoms with Gasteiger partial charge in [0.2, 0.25) is 0 Å². The summed E-state index contributed by atoms with van der Waals surface area (Å²) in [5, 5.41) is 7.87. The second-order valence-corrected chi connectivity index (χ2v) is 7.12. The van der Waals surface area contributed by atoms with E-state index in [9.17, 15) is 4.39 Å². The van der Waals surface area contributed by atoms with E-state index in [1.54, 1.807) is 12.1 Å². The number of nitrogens with zero attached hydrogens (tertiary/aromatic N) is 2. The van der Waals surface area contributed by atoms with E-state index >= 15 is 0 Å². The van der Waals surface area contributed by atoms with Crippen molar-refractivity contribution in [1.29, 1.82) is 0 Å². The number of nitrogens with one attached hydrogen (secondary N) is 1. The Kier molecular flexibility index (Phi) is 5.13. The maximum absolute atomic E-state index is 13.1. The lowest BCUT2D eigenvalue weighted by Crippen LogP contribution is -2.36. The first kappa shape index (κ1) is 18.3. The van der Waals surface area contributed by atoms with Crippen molar-refractivity contribution in [2.75, 3.05) is 18.9 Å². The highest BCUT2D eigenvalue weighted by molar-refractivity contribution is 5.66. The van der Waals surface area contributed by atoms with E-state index in [0.717, 1.165) is 35.6 Å². The Morgan fingerprint density at radius 3 is 2.04 bits per heavy atom. The zero-order chi connectivity index (χ0) is 19.5. The van der Waals surface area contributed by atoms with Gasteiger partial charge in [0.1, 0.15) is 5.82 Å². The summed E-state index contributed by atoms with van der Waals surface area (Å²) in [6.07, 6.45) is 0. The first-order valence-electron chi connectivity index (χ1n) is 9.43. The lowest BCUT2D eigenvalue weighted by Gasteiger charge is -2.31. The molecule has 1 heterocycles. The van der Waals surface area contributed by atoms with Gasteiger partial charge in [0, 0.05) is 31.5 Å². The predicted molar refractivity (Wildman–Crippen MR) is 113 cm³/mol. The molecule has 0 atom stereocenters. The fraction of sp³-hybridized carbons (Fsp3) is 0.167. The number of likely N-dealkylation sites (N-methyl/N-ethyl adjacent to an activating group) is 1. The summed E-state index contributed by atoms with van der Waals surface area (Å²) in [5.41, 5.74) is 6.88. The number of benzene rings is 3. The average molecular weight is 373 g/mol. The zero-order valence-electron chi connectivity index (χ0n) is 16.0. The van der Waals surface area contributed by atoms with Crippen LogP contribution in [0, 0.1) is 5.82 Å². The number of hydrogen-bond donors (Lipinski definition) is 1. The van der Waals surface area contributed by atoms with E-state index in [0.29, 0.717) is 6.54 Å². The number of fused-ring (bicyclic) bond motifs is 1. The molecule has 1 aliphatic heterocycles. The normalized spacial score (nSPS) is 13.2. The first-order valence-corrected chi connectivity index (χ1v) is 9.43. The molecule has 28 heavy (non-hydrogen) atoms. The lowest BCUT2D eigenvalue weighted by molar-refractivity contribution is 0.0291. The van der Waals surface area contributed by atoms with Crippen LogP contribution in [-0.2, 0) is 13.1 Å². The van der Waals surface area contributed by atoms with Crippen LogP contribution in [0.1, 0.15) is 11.1 Å². The third-order valence-electron chi connectivity index (χ3n) is 5.27. The highest BCUT2D eigenvalue weighted by Crippen LogP contribution is 2.25. The van der Waals surface area contributed by atoms with Gasteiger partial charge in [0.05, 0.1) is 6.54 Å². The number of anilines is 1. The minimum atomic E-state index is -0.217. The molecule has 0 saturated heterocycles. The fourth-order valence-electron chi connectivity index (χ4n) is 3.47. The van der Waals surface area contributed by atoms with Gasteiger partial charge in [0.15, 0.2) is 0 Å². The van der Waals surface area contributed by atoms with Crippen LogP contribution < -0.4 is 5.32 Å². The van der Waals surface area contributed by atoms with Gasteiger partial charge in [-0.2, -0.15) is 0 Å². The largest absolute Gasteiger partial charge is 0.379 e. The van der Waals surface area contributed by atoms with E-state index in [-0.39, 0.29) is 5.82 Å². The van der Waals surface area contributed by atoms with Crippen LogP contribution in [0.2, 0.25) is 0 Å². The fourth-order valence-corrected chi connectivity index (χ4v) is 3.47. The van der Waals surface area contributed by atoms with Crippen molar-refractivity contribution in [3.8, 4) is 11.1 Å². The number of rotatable bonds is 6. The van der Waals surface area contributed by atoms with Crippen molar-refractivity contribution in [2.24, 2.45) is 0 Å². The standard InChI is InChI=1S/C24H24FN3/c1-18(27(2)28-16-21-5-3-4-6-22(21)17-28)15-26-24-13-9-20(10-14-24)19-7-11-23(25)12-8-19/h3-14,26H,1,15-17H2,2H3. The van der Waals surface area contributed by atoms with Gasteiger partial charge in [0.25, 0.3) is 0 Å². The Hall–Kier alpha value is -3.11. The zero-order valence-corrected chi connectivity index (χ0v) is 16.0. The van der Waals surface area contributed by atoms with Gasteiger partial charge in [-0.3, -0.25) is 0 Å². The molecule has 0 bridgehead atoms. The van der Waals surface area contributed by atoms with Crippen LogP contribution in [0.25, 0.3) is 11.1 Å². The topological polar surface area (TPSA) is 18.5 Å². The van der Waals surface area contributed by atoms with E-state index in [1.165, 1.54) is 23.3 Å². The van der Waals surface area contributed by atoms with Crippen LogP contribution in [-0.4, -0.2) is 23.6 Å². The summed E-state index contributed by atoms with van der Waals surface area (Å²) in [7, 11) is 2.06. The molecule has 0 unspecified atom stereocenters.